The molecule has 3 heterocycles. The van der Waals surface area contributed by atoms with E-state index in [2.05, 4.69) is 0 Å². The topological polar surface area (TPSA) is 75.9 Å². The van der Waals surface area contributed by atoms with Crippen molar-refractivity contribution in [2.45, 2.75) is 31.3 Å². The third-order valence-electron chi connectivity index (χ3n) is 6.02. The number of halogens is 3. The highest BCUT2D eigenvalue weighted by molar-refractivity contribution is 7.15. The number of primary amides is 1. The molecule has 6 nitrogen and oxygen atoms in total. The summed E-state index contributed by atoms with van der Waals surface area (Å²) in [6, 6.07) is 14.8. The van der Waals surface area contributed by atoms with Crippen LogP contribution in [0.3, 0.4) is 0 Å². The first-order valence-corrected chi connectivity index (χ1v) is 11.4. The minimum Gasteiger partial charge on any atom is -0.370 e. The van der Waals surface area contributed by atoms with Crippen molar-refractivity contribution in [1.82, 2.24) is 9.96 Å². The Kier molecular flexibility index (Phi) is 5.57. The van der Waals surface area contributed by atoms with E-state index in [0.717, 1.165) is 23.0 Å². The number of hydrogen-bond donors (Lipinski definition) is 1. The molecular weight excluding hydrogens is 467 g/mol. The largest absolute Gasteiger partial charge is 0.417 e. The Morgan fingerprint density at radius 2 is 1.82 bits per heavy atom. The first-order valence-electron chi connectivity index (χ1n) is 10.6. The van der Waals surface area contributed by atoms with Crippen molar-refractivity contribution in [3.8, 4) is 10.4 Å². The van der Waals surface area contributed by atoms with Crippen molar-refractivity contribution in [3.05, 3.63) is 82.2 Å². The van der Waals surface area contributed by atoms with E-state index in [4.69, 9.17) is 10.6 Å². The van der Waals surface area contributed by atoms with E-state index in [0.29, 0.717) is 15.3 Å². The number of amides is 3. The molecule has 176 valence electrons. The molecule has 1 saturated heterocycles. The number of rotatable bonds is 6. The maximum absolute atomic E-state index is 13.7. The second-order valence-corrected chi connectivity index (χ2v) is 9.28. The molecule has 1 aromatic heterocycles. The number of nitrogens with two attached hydrogens (primary N) is 1. The SMILES string of the molecule is NC(=O)C[C@@H]1c2sc(-c3ccccc3C(F)(F)F)cc2[C@H]2CN1C(=O)N2OCc1ccccc1. The third kappa shape index (κ3) is 3.92. The minimum absolute atomic E-state index is 0.0566. The van der Waals surface area contributed by atoms with Gasteiger partial charge in [0.15, 0.2) is 0 Å². The lowest BCUT2D eigenvalue weighted by Gasteiger charge is -2.29. The number of carbonyl (C=O) groups is 2. The molecule has 2 aliphatic rings. The van der Waals surface area contributed by atoms with Crippen LogP contribution in [0, 0.1) is 0 Å². The highest BCUT2D eigenvalue weighted by Gasteiger charge is 2.50. The smallest absolute Gasteiger partial charge is 0.370 e. The summed E-state index contributed by atoms with van der Waals surface area (Å²) in [7, 11) is 0. The molecule has 2 atom stereocenters. The van der Waals surface area contributed by atoms with Gasteiger partial charge in [-0.25, -0.2) is 4.79 Å². The van der Waals surface area contributed by atoms with Gasteiger partial charge in [-0.3, -0.25) is 9.63 Å². The Morgan fingerprint density at radius 1 is 1.12 bits per heavy atom. The average molecular weight is 488 g/mol. The zero-order chi connectivity index (χ0) is 24.0. The van der Waals surface area contributed by atoms with E-state index in [1.54, 1.807) is 12.1 Å². The quantitative estimate of drug-likeness (QED) is 0.514. The molecule has 3 aromatic rings. The fourth-order valence-electron chi connectivity index (χ4n) is 4.50. The van der Waals surface area contributed by atoms with Crippen LogP contribution < -0.4 is 5.73 Å². The summed E-state index contributed by atoms with van der Waals surface area (Å²) in [6.07, 6.45) is -4.64. The molecule has 2 aromatic carbocycles. The van der Waals surface area contributed by atoms with Crippen molar-refractivity contribution in [2.24, 2.45) is 5.73 Å². The highest BCUT2D eigenvalue weighted by Crippen LogP contribution is 2.51. The van der Waals surface area contributed by atoms with E-state index in [9.17, 15) is 22.8 Å². The van der Waals surface area contributed by atoms with Crippen LogP contribution in [0.1, 0.15) is 40.1 Å². The lowest BCUT2D eigenvalue weighted by molar-refractivity contribution is -0.141. The van der Waals surface area contributed by atoms with Crippen LogP contribution in [0.15, 0.2) is 60.7 Å². The van der Waals surface area contributed by atoms with Crippen molar-refractivity contribution in [2.75, 3.05) is 6.54 Å². The summed E-state index contributed by atoms with van der Waals surface area (Å²) >= 11 is 1.15. The molecule has 5 rings (SSSR count). The van der Waals surface area contributed by atoms with Crippen LogP contribution in [-0.2, 0) is 22.4 Å². The molecule has 0 aliphatic carbocycles. The molecule has 3 amide bonds. The Labute approximate surface area is 197 Å². The maximum atomic E-state index is 13.7. The second-order valence-electron chi connectivity index (χ2n) is 8.20. The molecule has 2 aliphatic heterocycles. The van der Waals surface area contributed by atoms with Gasteiger partial charge in [0.2, 0.25) is 5.91 Å². The van der Waals surface area contributed by atoms with E-state index >= 15 is 0 Å². The maximum Gasteiger partial charge on any atom is 0.417 e. The summed E-state index contributed by atoms with van der Waals surface area (Å²) < 4.78 is 41.0. The van der Waals surface area contributed by atoms with E-state index in [1.807, 2.05) is 30.3 Å². The van der Waals surface area contributed by atoms with Gasteiger partial charge < -0.3 is 10.6 Å². The van der Waals surface area contributed by atoms with Gasteiger partial charge in [0.25, 0.3) is 0 Å². The van der Waals surface area contributed by atoms with Gasteiger partial charge in [-0.2, -0.15) is 18.2 Å². The molecule has 0 radical (unpaired) electrons. The first-order chi connectivity index (χ1) is 16.2. The van der Waals surface area contributed by atoms with Gasteiger partial charge in [-0.05, 0) is 23.3 Å². The molecule has 34 heavy (non-hydrogen) atoms. The van der Waals surface area contributed by atoms with Crippen molar-refractivity contribution in [1.29, 1.82) is 0 Å². The molecule has 0 saturated carbocycles. The lowest BCUT2D eigenvalue weighted by Crippen LogP contribution is -2.36. The Hall–Kier alpha value is -3.37. The zero-order valence-electron chi connectivity index (χ0n) is 17.8. The monoisotopic (exact) mass is 487 g/mol. The predicted molar refractivity (Wildman–Crippen MR) is 119 cm³/mol. The number of hydrogen-bond acceptors (Lipinski definition) is 4. The number of fused-ring (bicyclic) bond motifs is 4. The second kappa shape index (κ2) is 8.44. The van der Waals surface area contributed by atoms with Gasteiger partial charge >= 0.3 is 12.2 Å². The summed E-state index contributed by atoms with van der Waals surface area (Å²) in [4.78, 5) is 33.4. The summed E-state index contributed by atoms with van der Waals surface area (Å²) in [6.45, 7) is 0.413. The summed E-state index contributed by atoms with van der Waals surface area (Å²) in [5.41, 5.74) is 6.32. The standard InChI is InChI=1S/C24H20F3N3O3S/c25-24(26,27)17-9-5-4-8-15(17)20-10-16-19-12-29(18(11-21(28)31)22(16)34-20)23(32)30(19)33-13-14-6-2-1-3-7-14/h1-10,18-19H,11-13H2,(H2,28,31)/t18-,19-/m1/s1. The van der Waals surface area contributed by atoms with Crippen LogP contribution in [0.25, 0.3) is 10.4 Å². The molecule has 2 bridgehead atoms. The predicted octanol–water partition coefficient (Wildman–Crippen LogP) is 5.27. The average Bonchev–Trinajstić information content (AvgIpc) is 3.36. The van der Waals surface area contributed by atoms with Crippen molar-refractivity contribution >= 4 is 23.3 Å². The molecule has 0 spiro atoms. The van der Waals surface area contributed by atoms with Gasteiger partial charge in [0, 0.05) is 15.3 Å². The number of nitrogens with zero attached hydrogens (tertiary/aromatic N) is 2. The number of hydroxylamine groups is 2. The van der Waals surface area contributed by atoms with Gasteiger partial charge in [-0.1, -0.05) is 48.5 Å². The number of thiophene rings is 1. The molecular formula is C24H20F3N3O3S. The molecule has 1 fully saturated rings. The van der Waals surface area contributed by atoms with E-state index in [-0.39, 0.29) is 25.1 Å². The highest BCUT2D eigenvalue weighted by atomic mass is 32.1. The summed E-state index contributed by atoms with van der Waals surface area (Å²) in [5.74, 6) is -0.600. The number of benzene rings is 2. The van der Waals surface area contributed by atoms with Gasteiger partial charge in [-0.15, -0.1) is 11.3 Å². The van der Waals surface area contributed by atoms with Crippen LogP contribution in [-0.4, -0.2) is 28.4 Å². The van der Waals surface area contributed by atoms with Crippen molar-refractivity contribution in [3.63, 3.8) is 0 Å². The molecule has 10 heteroatoms. The van der Waals surface area contributed by atoms with Crippen molar-refractivity contribution < 1.29 is 27.6 Å². The van der Waals surface area contributed by atoms with Crippen LogP contribution in [0.4, 0.5) is 18.0 Å². The van der Waals surface area contributed by atoms with Gasteiger partial charge in [0.1, 0.15) is 12.6 Å². The third-order valence-corrected chi connectivity index (χ3v) is 7.31. The Balaban J connectivity index is 1.54. The summed E-state index contributed by atoms with van der Waals surface area (Å²) in [5, 5.41) is 1.26. The first kappa shape index (κ1) is 22.4. The Bertz CT molecular complexity index is 1250. The van der Waals surface area contributed by atoms with Crippen LogP contribution >= 0.6 is 11.3 Å². The lowest BCUT2D eigenvalue weighted by atomic mass is 9.96. The molecule has 0 unspecified atom stereocenters. The number of urea groups is 1. The van der Waals surface area contributed by atoms with Gasteiger partial charge in [0.05, 0.1) is 24.6 Å². The normalized spacial score (nSPS) is 19.4. The zero-order valence-corrected chi connectivity index (χ0v) is 18.6. The Morgan fingerprint density at radius 3 is 2.53 bits per heavy atom. The molecule has 2 N–H and O–H groups in total. The minimum atomic E-state index is -4.52. The van der Waals surface area contributed by atoms with Crippen LogP contribution in [0.2, 0.25) is 0 Å². The fraction of sp³-hybridized carbons (Fsp3) is 0.250. The van der Waals surface area contributed by atoms with Crippen LogP contribution in [0.5, 0.6) is 0 Å². The fourth-order valence-corrected chi connectivity index (χ4v) is 5.87. The van der Waals surface area contributed by atoms with E-state index < -0.39 is 35.8 Å². The number of carbonyl (C=O) groups excluding carboxylic acids is 2. The van der Waals surface area contributed by atoms with E-state index in [1.165, 1.54) is 22.1 Å². The number of alkyl halides is 3.